The van der Waals surface area contributed by atoms with Gasteiger partial charge in [-0.05, 0) is 30.6 Å². The van der Waals surface area contributed by atoms with Crippen molar-refractivity contribution < 1.29 is 29.3 Å². The third kappa shape index (κ3) is 2.07. The Kier molecular flexibility index (Phi) is 3.68. The van der Waals surface area contributed by atoms with Gasteiger partial charge in [0, 0.05) is 29.6 Å². The number of fused-ring (bicyclic) bond motifs is 2. The second-order valence-electron chi connectivity index (χ2n) is 8.85. The number of hydrogen-bond donors (Lipinski definition) is 2. The summed E-state index contributed by atoms with van der Waals surface area (Å²) >= 11 is 0. The number of aliphatic hydroxyl groups is 2. The van der Waals surface area contributed by atoms with Crippen molar-refractivity contribution in [2.24, 2.45) is 40.9 Å². The number of ether oxygens (including phenoxy) is 1. The van der Waals surface area contributed by atoms with Crippen molar-refractivity contribution in [2.75, 3.05) is 0 Å². The van der Waals surface area contributed by atoms with E-state index < -0.39 is 29.5 Å². The first kappa shape index (κ1) is 17.2. The van der Waals surface area contributed by atoms with Gasteiger partial charge in [0.1, 0.15) is 18.3 Å². The van der Waals surface area contributed by atoms with Gasteiger partial charge in [0.2, 0.25) is 0 Å². The number of aliphatic hydroxyl groups excluding tert-OH is 2. The summed E-state index contributed by atoms with van der Waals surface area (Å²) in [7, 11) is 0. The minimum Gasteiger partial charge on any atom is -0.462 e. The number of rotatable bonds is 0. The van der Waals surface area contributed by atoms with Gasteiger partial charge in [-0.3, -0.25) is 14.4 Å². The number of Topliss-reactive ketones (excluding diaryl/α,β-unsaturated/α-hetero) is 2. The molecule has 0 aromatic heterocycles. The lowest BCUT2D eigenvalue weighted by atomic mass is 9.42. The topological polar surface area (TPSA) is 101 Å². The molecule has 4 aliphatic rings. The predicted octanol–water partition coefficient (Wildman–Crippen LogP) is 0.726. The average Bonchev–Trinajstić information content (AvgIpc) is 2.55. The van der Waals surface area contributed by atoms with Gasteiger partial charge in [-0.25, -0.2) is 0 Å². The summed E-state index contributed by atoms with van der Waals surface area (Å²) in [6.45, 7) is 5.55. The van der Waals surface area contributed by atoms with Crippen molar-refractivity contribution in [3.8, 4) is 0 Å². The Labute approximate surface area is 146 Å². The standard InChI is InChI=1S/C19H26O6/c1-7-4-11(20)18(24)19(3)10(7)6-12-14-9(5-13(21)25-12)8(2)16(22)17(23)15(14)19/h7-12,14-15,17,20,23H,4-6H2,1-3H3. The Morgan fingerprint density at radius 1 is 1.12 bits per heavy atom. The highest BCUT2D eigenvalue weighted by molar-refractivity contribution is 5.93. The minimum atomic E-state index is -1.25. The lowest BCUT2D eigenvalue weighted by molar-refractivity contribution is -0.224. The highest BCUT2D eigenvalue weighted by atomic mass is 16.5. The summed E-state index contributed by atoms with van der Waals surface area (Å²) < 4.78 is 5.63. The van der Waals surface area contributed by atoms with Gasteiger partial charge in [-0.2, -0.15) is 0 Å². The van der Waals surface area contributed by atoms with Gasteiger partial charge >= 0.3 is 5.97 Å². The number of ketones is 2. The first-order chi connectivity index (χ1) is 11.7. The second-order valence-corrected chi connectivity index (χ2v) is 8.85. The molecular weight excluding hydrogens is 324 g/mol. The van der Waals surface area contributed by atoms with Gasteiger partial charge in [0.25, 0.3) is 0 Å². The van der Waals surface area contributed by atoms with Crippen LogP contribution in [0.2, 0.25) is 0 Å². The van der Waals surface area contributed by atoms with Gasteiger partial charge in [0.05, 0.1) is 0 Å². The monoisotopic (exact) mass is 350 g/mol. The molecule has 1 aliphatic heterocycles. The van der Waals surface area contributed by atoms with Crippen LogP contribution in [0.3, 0.4) is 0 Å². The molecule has 1 saturated heterocycles. The Bertz CT molecular complexity index is 644. The molecule has 138 valence electrons. The molecule has 10 unspecified atom stereocenters. The molecule has 0 aromatic carbocycles. The van der Waals surface area contributed by atoms with Crippen LogP contribution < -0.4 is 0 Å². The summed E-state index contributed by atoms with van der Waals surface area (Å²) in [5.41, 5.74) is -0.963. The van der Waals surface area contributed by atoms with Crippen LogP contribution in [0, 0.1) is 40.9 Å². The van der Waals surface area contributed by atoms with E-state index in [-0.39, 0.29) is 53.7 Å². The van der Waals surface area contributed by atoms with E-state index in [0.717, 1.165) is 0 Å². The number of hydrogen-bond acceptors (Lipinski definition) is 6. The van der Waals surface area contributed by atoms with Crippen LogP contribution in [0.15, 0.2) is 0 Å². The molecule has 2 N–H and O–H groups in total. The van der Waals surface area contributed by atoms with E-state index in [1.165, 1.54) is 0 Å². The van der Waals surface area contributed by atoms with E-state index in [2.05, 4.69) is 0 Å². The average molecular weight is 350 g/mol. The molecule has 1 heterocycles. The lowest BCUT2D eigenvalue weighted by Gasteiger charge is -2.62. The molecule has 4 rings (SSSR count). The van der Waals surface area contributed by atoms with Crippen LogP contribution in [0.4, 0.5) is 0 Å². The molecule has 0 aromatic rings. The molecule has 25 heavy (non-hydrogen) atoms. The molecule has 0 amide bonds. The largest absolute Gasteiger partial charge is 0.462 e. The molecule has 0 radical (unpaired) electrons. The molecule has 3 aliphatic carbocycles. The molecule has 3 saturated carbocycles. The van der Waals surface area contributed by atoms with E-state index in [9.17, 15) is 24.6 Å². The Balaban J connectivity index is 1.86. The van der Waals surface area contributed by atoms with Gasteiger partial charge < -0.3 is 14.9 Å². The quantitative estimate of drug-likeness (QED) is 0.625. The molecular formula is C19H26O6. The van der Waals surface area contributed by atoms with Crippen molar-refractivity contribution >= 4 is 17.5 Å². The third-order valence-electron chi connectivity index (χ3n) is 7.81. The van der Waals surface area contributed by atoms with Crippen LogP contribution in [0.5, 0.6) is 0 Å². The van der Waals surface area contributed by atoms with Gasteiger partial charge in [-0.15, -0.1) is 0 Å². The smallest absolute Gasteiger partial charge is 0.306 e. The molecule has 4 fully saturated rings. The van der Waals surface area contributed by atoms with Crippen LogP contribution >= 0.6 is 0 Å². The summed E-state index contributed by atoms with van der Waals surface area (Å²) in [5.74, 6) is -2.33. The maximum Gasteiger partial charge on any atom is 0.306 e. The lowest BCUT2D eigenvalue weighted by Crippen LogP contribution is -2.69. The fraction of sp³-hybridized carbons (Fsp3) is 0.842. The zero-order valence-electron chi connectivity index (χ0n) is 14.8. The van der Waals surface area contributed by atoms with E-state index in [0.29, 0.717) is 12.8 Å². The second kappa shape index (κ2) is 5.36. The first-order valence-electron chi connectivity index (χ1n) is 9.31. The van der Waals surface area contributed by atoms with Crippen molar-refractivity contribution in [3.63, 3.8) is 0 Å². The summed E-state index contributed by atoms with van der Waals surface area (Å²) in [6.07, 6.45) is -1.56. The van der Waals surface area contributed by atoms with Crippen molar-refractivity contribution in [1.82, 2.24) is 0 Å². The third-order valence-corrected chi connectivity index (χ3v) is 7.81. The fourth-order valence-electron chi connectivity index (χ4n) is 6.60. The Hall–Kier alpha value is -1.27. The van der Waals surface area contributed by atoms with E-state index in [1.54, 1.807) is 13.8 Å². The maximum atomic E-state index is 13.0. The number of carbonyl (C=O) groups is 3. The first-order valence-corrected chi connectivity index (χ1v) is 9.31. The zero-order chi connectivity index (χ0) is 18.3. The van der Waals surface area contributed by atoms with Crippen LogP contribution in [0.25, 0.3) is 0 Å². The van der Waals surface area contributed by atoms with Crippen molar-refractivity contribution in [3.05, 3.63) is 0 Å². The Morgan fingerprint density at radius 2 is 1.80 bits per heavy atom. The number of carbonyl (C=O) groups excluding carboxylic acids is 3. The van der Waals surface area contributed by atoms with E-state index in [4.69, 9.17) is 4.74 Å². The summed E-state index contributed by atoms with van der Waals surface area (Å²) in [4.78, 5) is 37.8. The SMILES string of the molecule is CC1CC(O)C(=O)C2(C)C1CC1OC(=O)CC3C(C)C(=O)C(O)C2C13. The summed E-state index contributed by atoms with van der Waals surface area (Å²) in [6, 6.07) is 0. The molecule has 0 bridgehead atoms. The van der Waals surface area contributed by atoms with Crippen molar-refractivity contribution in [2.45, 2.75) is 58.3 Å². The predicted molar refractivity (Wildman–Crippen MR) is 86.2 cm³/mol. The highest BCUT2D eigenvalue weighted by Crippen LogP contribution is 2.62. The summed E-state index contributed by atoms with van der Waals surface area (Å²) in [5, 5.41) is 21.1. The molecule has 6 heteroatoms. The molecule has 0 spiro atoms. The normalized spacial score (nSPS) is 55.2. The fourth-order valence-corrected chi connectivity index (χ4v) is 6.60. The molecule has 6 nitrogen and oxygen atoms in total. The number of esters is 1. The Morgan fingerprint density at radius 3 is 2.48 bits per heavy atom. The van der Waals surface area contributed by atoms with Gasteiger partial charge in [-0.1, -0.05) is 20.8 Å². The molecule has 10 atom stereocenters. The highest BCUT2D eigenvalue weighted by Gasteiger charge is 2.68. The minimum absolute atomic E-state index is 0.0550. The van der Waals surface area contributed by atoms with Crippen LogP contribution in [-0.4, -0.2) is 46.1 Å². The van der Waals surface area contributed by atoms with Gasteiger partial charge in [0.15, 0.2) is 11.6 Å². The van der Waals surface area contributed by atoms with Crippen LogP contribution in [-0.2, 0) is 19.1 Å². The van der Waals surface area contributed by atoms with E-state index in [1.807, 2.05) is 6.92 Å². The van der Waals surface area contributed by atoms with Crippen molar-refractivity contribution in [1.29, 1.82) is 0 Å². The maximum absolute atomic E-state index is 13.0. The van der Waals surface area contributed by atoms with E-state index >= 15 is 0 Å². The zero-order valence-corrected chi connectivity index (χ0v) is 14.8. The van der Waals surface area contributed by atoms with Crippen LogP contribution in [0.1, 0.15) is 40.0 Å².